The maximum absolute atomic E-state index is 11.4. The molecule has 0 fully saturated rings. The van der Waals surface area contributed by atoms with E-state index in [1.165, 1.54) is 6.07 Å². The molecule has 0 saturated carbocycles. The molecule has 0 bridgehead atoms. The average Bonchev–Trinajstić information content (AvgIpc) is 2.61. The largest absolute Gasteiger partial charge is 0.315 e. The molecule has 6 heteroatoms. The van der Waals surface area contributed by atoms with Crippen LogP contribution in [0.5, 0.6) is 0 Å². The van der Waals surface area contributed by atoms with Crippen molar-refractivity contribution in [2.75, 3.05) is 0 Å². The van der Waals surface area contributed by atoms with E-state index in [1.54, 1.807) is 21.4 Å². The number of pyridine rings is 1. The van der Waals surface area contributed by atoms with Gasteiger partial charge in [-0.15, -0.1) is 0 Å². The van der Waals surface area contributed by atoms with Crippen LogP contribution in [0.25, 0.3) is 11.4 Å². The zero-order chi connectivity index (χ0) is 11.7. The fourth-order valence-corrected chi connectivity index (χ4v) is 1.65. The van der Waals surface area contributed by atoms with Gasteiger partial charge in [-0.3, -0.25) is 9.89 Å². The minimum absolute atomic E-state index is 0.0111. The van der Waals surface area contributed by atoms with E-state index in [0.717, 1.165) is 11.4 Å². The third-order valence-electron chi connectivity index (χ3n) is 2.46. The molecule has 0 aliphatic carbocycles. The maximum Gasteiger partial charge on any atom is 0.250 e. The van der Waals surface area contributed by atoms with Crippen molar-refractivity contribution in [1.29, 1.82) is 0 Å². The van der Waals surface area contributed by atoms with Crippen LogP contribution in [0.2, 0.25) is 0 Å². The second kappa shape index (κ2) is 4.05. The number of nitrogens with one attached hydrogen (secondary N) is 1. The summed E-state index contributed by atoms with van der Waals surface area (Å²) in [4.78, 5) is 11.4. The van der Waals surface area contributed by atoms with Gasteiger partial charge in [0.2, 0.25) is 0 Å². The molecule has 0 unspecified atom stereocenters. The lowest BCUT2D eigenvalue weighted by molar-refractivity contribution is 0.726. The zero-order valence-electron chi connectivity index (χ0n) is 9.10. The van der Waals surface area contributed by atoms with E-state index in [2.05, 4.69) is 10.2 Å². The fourth-order valence-electron chi connectivity index (χ4n) is 1.52. The molecule has 0 aliphatic heterocycles. The number of hydrogen-bond donors (Lipinski definition) is 1. The van der Waals surface area contributed by atoms with Crippen molar-refractivity contribution in [2.24, 2.45) is 7.05 Å². The van der Waals surface area contributed by atoms with Crippen LogP contribution in [0.3, 0.4) is 0 Å². The number of hydrogen-bond acceptors (Lipinski definition) is 3. The molecule has 0 amide bonds. The number of nitrogens with zero attached hydrogens (tertiary/aromatic N) is 3. The van der Waals surface area contributed by atoms with E-state index in [9.17, 15) is 4.79 Å². The van der Waals surface area contributed by atoms with Crippen LogP contribution >= 0.6 is 12.2 Å². The highest BCUT2D eigenvalue weighted by Crippen LogP contribution is 2.13. The number of H-pyrrole nitrogens is 1. The highest BCUT2D eigenvalue weighted by atomic mass is 32.1. The first-order valence-electron chi connectivity index (χ1n) is 4.95. The number of aryl methyl sites for hydroxylation is 1. The van der Waals surface area contributed by atoms with E-state index in [1.807, 2.05) is 14.0 Å². The first-order chi connectivity index (χ1) is 7.63. The second-order valence-corrected chi connectivity index (χ2v) is 3.84. The summed E-state index contributed by atoms with van der Waals surface area (Å²) in [6.45, 7) is 2.57. The Morgan fingerprint density at radius 2 is 2.25 bits per heavy atom. The number of aromatic nitrogens is 4. The lowest BCUT2D eigenvalue weighted by atomic mass is 10.2. The molecule has 5 nitrogen and oxygen atoms in total. The van der Waals surface area contributed by atoms with Crippen LogP contribution in [0.4, 0.5) is 0 Å². The van der Waals surface area contributed by atoms with Crippen molar-refractivity contribution in [3.05, 3.63) is 33.5 Å². The highest BCUT2D eigenvalue weighted by molar-refractivity contribution is 7.71. The Bertz CT molecular complexity index is 622. The van der Waals surface area contributed by atoms with Crippen LogP contribution in [0, 0.1) is 4.77 Å². The monoisotopic (exact) mass is 236 g/mol. The van der Waals surface area contributed by atoms with Gasteiger partial charge in [0.05, 0.1) is 0 Å². The van der Waals surface area contributed by atoms with Gasteiger partial charge in [-0.25, -0.2) is 0 Å². The Kier molecular flexibility index (Phi) is 2.74. The van der Waals surface area contributed by atoms with Crippen molar-refractivity contribution < 1.29 is 0 Å². The summed E-state index contributed by atoms with van der Waals surface area (Å²) in [5.41, 5.74) is 0.860. The van der Waals surface area contributed by atoms with Gasteiger partial charge in [0, 0.05) is 31.4 Å². The molecule has 1 N–H and O–H groups in total. The van der Waals surface area contributed by atoms with Crippen molar-refractivity contribution >= 4 is 12.2 Å². The van der Waals surface area contributed by atoms with Gasteiger partial charge in [0.1, 0.15) is 0 Å². The topological polar surface area (TPSA) is 55.6 Å². The van der Waals surface area contributed by atoms with Crippen LogP contribution in [-0.2, 0) is 13.6 Å². The van der Waals surface area contributed by atoms with Gasteiger partial charge in [0.25, 0.3) is 5.56 Å². The summed E-state index contributed by atoms with van der Waals surface area (Å²) < 4.78 is 3.96. The van der Waals surface area contributed by atoms with Gasteiger partial charge < -0.3 is 9.13 Å². The molecule has 0 radical (unpaired) electrons. The molecule has 0 aliphatic rings. The van der Waals surface area contributed by atoms with E-state index in [0.29, 0.717) is 11.3 Å². The molecule has 0 aromatic carbocycles. The van der Waals surface area contributed by atoms with Gasteiger partial charge in [-0.2, -0.15) is 5.10 Å². The number of aromatic amines is 1. The molecule has 16 heavy (non-hydrogen) atoms. The molecular formula is C10H12N4OS. The lowest BCUT2D eigenvalue weighted by Gasteiger charge is -2.04. The summed E-state index contributed by atoms with van der Waals surface area (Å²) in [6, 6.07) is 3.29. The first-order valence-corrected chi connectivity index (χ1v) is 5.36. The first kappa shape index (κ1) is 10.8. The molecule has 2 aromatic heterocycles. The molecule has 2 heterocycles. The van der Waals surface area contributed by atoms with Crippen LogP contribution in [0.15, 0.2) is 23.1 Å². The molecule has 84 valence electrons. The Balaban J connectivity index is 2.61. The SMILES string of the molecule is CCn1cc(-c2n[nH]c(=S)n2C)ccc1=O. The maximum atomic E-state index is 11.4. The minimum Gasteiger partial charge on any atom is -0.315 e. The fraction of sp³-hybridized carbons (Fsp3) is 0.300. The standard InChI is InChI=1S/C10H12N4OS/c1-3-14-6-7(4-5-8(14)15)9-11-12-10(16)13(9)2/h4-6H,3H2,1-2H3,(H,12,16). The van der Waals surface area contributed by atoms with Crippen molar-refractivity contribution in [3.63, 3.8) is 0 Å². The summed E-state index contributed by atoms with van der Waals surface area (Å²) in [5, 5.41) is 6.84. The van der Waals surface area contributed by atoms with Crippen LogP contribution in [-0.4, -0.2) is 19.3 Å². The lowest BCUT2D eigenvalue weighted by Crippen LogP contribution is -2.17. The van der Waals surface area contributed by atoms with Crippen LogP contribution in [0.1, 0.15) is 6.92 Å². The van der Waals surface area contributed by atoms with E-state index >= 15 is 0 Å². The molecule has 0 saturated heterocycles. The molecular weight excluding hydrogens is 224 g/mol. The normalized spacial score (nSPS) is 10.6. The number of rotatable bonds is 2. The van der Waals surface area contributed by atoms with Crippen molar-refractivity contribution in [3.8, 4) is 11.4 Å². The summed E-state index contributed by atoms with van der Waals surface area (Å²) in [7, 11) is 1.84. The third kappa shape index (κ3) is 1.71. The van der Waals surface area contributed by atoms with Gasteiger partial charge >= 0.3 is 0 Å². The predicted octanol–water partition coefficient (Wildman–Crippen LogP) is 1.33. The molecule has 0 spiro atoms. The Morgan fingerprint density at radius 3 is 2.81 bits per heavy atom. The molecule has 0 atom stereocenters. The minimum atomic E-state index is -0.0111. The van der Waals surface area contributed by atoms with E-state index < -0.39 is 0 Å². The van der Waals surface area contributed by atoms with Crippen molar-refractivity contribution in [1.82, 2.24) is 19.3 Å². The summed E-state index contributed by atoms with van der Waals surface area (Å²) in [5.74, 6) is 0.729. The Hall–Kier alpha value is -1.69. The Labute approximate surface area is 97.4 Å². The van der Waals surface area contributed by atoms with Gasteiger partial charge in [-0.05, 0) is 25.2 Å². The van der Waals surface area contributed by atoms with E-state index in [4.69, 9.17) is 12.2 Å². The average molecular weight is 236 g/mol. The summed E-state index contributed by atoms with van der Waals surface area (Å²) in [6.07, 6.45) is 1.78. The summed E-state index contributed by atoms with van der Waals surface area (Å²) >= 11 is 5.04. The zero-order valence-corrected chi connectivity index (χ0v) is 9.91. The van der Waals surface area contributed by atoms with E-state index in [-0.39, 0.29) is 5.56 Å². The smallest absolute Gasteiger partial charge is 0.250 e. The van der Waals surface area contributed by atoms with Gasteiger partial charge in [0.15, 0.2) is 10.6 Å². The molecule has 2 rings (SSSR count). The molecule has 2 aromatic rings. The highest BCUT2D eigenvalue weighted by Gasteiger charge is 2.06. The quantitative estimate of drug-likeness (QED) is 0.800. The predicted molar refractivity (Wildman–Crippen MR) is 63.8 cm³/mol. The Morgan fingerprint density at radius 1 is 1.50 bits per heavy atom. The van der Waals surface area contributed by atoms with Gasteiger partial charge in [-0.1, -0.05) is 0 Å². The second-order valence-electron chi connectivity index (χ2n) is 3.45. The van der Waals surface area contributed by atoms with Crippen LogP contribution < -0.4 is 5.56 Å². The van der Waals surface area contributed by atoms with Crippen molar-refractivity contribution in [2.45, 2.75) is 13.5 Å². The third-order valence-corrected chi connectivity index (χ3v) is 2.83.